The average Bonchev–Trinajstić information content (AvgIpc) is 2.56. The number of rotatable bonds is 2. The molecule has 1 aromatic rings. The van der Waals surface area contributed by atoms with Gasteiger partial charge in [0.1, 0.15) is 5.78 Å². The number of thiophene rings is 1. The van der Waals surface area contributed by atoms with Crippen LogP contribution in [-0.2, 0) is 11.2 Å². The molecule has 0 amide bonds. The third-order valence-corrected chi connectivity index (χ3v) is 4.15. The minimum atomic E-state index is 0.462. The summed E-state index contributed by atoms with van der Waals surface area (Å²) in [6, 6.07) is 2.19. The van der Waals surface area contributed by atoms with Gasteiger partial charge in [0, 0.05) is 17.7 Å². The zero-order valence-electron chi connectivity index (χ0n) is 8.58. The molecule has 0 radical (unpaired) electrons. The average molecular weight is 208 g/mol. The quantitative estimate of drug-likeness (QED) is 0.728. The molecule has 1 fully saturated rings. The van der Waals surface area contributed by atoms with Crippen molar-refractivity contribution in [1.29, 1.82) is 0 Å². The van der Waals surface area contributed by atoms with Crippen molar-refractivity contribution in [2.45, 2.75) is 39.0 Å². The molecule has 1 nitrogen and oxygen atoms in total. The maximum atomic E-state index is 11.1. The molecule has 76 valence electrons. The van der Waals surface area contributed by atoms with Crippen molar-refractivity contribution in [2.75, 3.05) is 0 Å². The number of carbonyl (C=O) groups excluding carboxylic acids is 1. The molecule has 0 atom stereocenters. The zero-order chi connectivity index (χ0) is 9.97. The van der Waals surface area contributed by atoms with E-state index in [0.29, 0.717) is 5.78 Å². The molecule has 2 rings (SSSR count). The molecule has 14 heavy (non-hydrogen) atoms. The van der Waals surface area contributed by atoms with Crippen LogP contribution in [0.3, 0.4) is 0 Å². The van der Waals surface area contributed by atoms with Crippen molar-refractivity contribution >= 4 is 17.1 Å². The summed E-state index contributed by atoms with van der Waals surface area (Å²) in [5.41, 5.74) is 1.42. The molecule has 0 aromatic carbocycles. The van der Waals surface area contributed by atoms with Crippen LogP contribution in [0.25, 0.3) is 0 Å². The Hall–Kier alpha value is -0.630. The highest BCUT2D eigenvalue weighted by Gasteiger charge is 2.19. The number of aryl methyl sites for hydroxylation is 1. The molecule has 0 spiro atoms. The molecule has 1 aliphatic rings. The summed E-state index contributed by atoms with van der Waals surface area (Å²) in [5.74, 6) is 1.22. The molecular formula is C12H16OS. The monoisotopic (exact) mass is 208 g/mol. The number of ketones is 1. The van der Waals surface area contributed by atoms with Crippen molar-refractivity contribution in [3.63, 3.8) is 0 Å². The minimum Gasteiger partial charge on any atom is -0.300 e. The van der Waals surface area contributed by atoms with E-state index in [0.717, 1.165) is 31.6 Å². The van der Waals surface area contributed by atoms with Gasteiger partial charge in [-0.3, -0.25) is 4.79 Å². The van der Waals surface area contributed by atoms with Crippen LogP contribution >= 0.6 is 11.3 Å². The van der Waals surface area contributed by atoms with E-state index in [1.54, 1.807) is 0 Å². The summed E-state index contributed by atoms with van der Waals surface area (Å²) in [4.78, 5) is 12.6. The molecule has 0 N–H and O–H groups in total. The van der Waals surface area contributed by atoms with Crippen LogP contribution in [0.15, 0.2) is 11.4 Å². The van der Waals surface area contributed by atoms with E-state index >= 15 is 0 Å². The molecule has 1 saturated carbocycles. The Kier molecular flexibility index (Phi) is 3.02. The van der Waals surface area contributed by atoms with Gasteiger partial charge in [-0.15, -0.1) is 11.3 Å². The van der Waals surface area contributed by atoms with Crippen molar-refractivity contribution in [3.8, 4) is 0 Å². The van der Waals surface area contributed by atoms with E-state index < -0.39 is 0 Å². The maximum Gasteiger partial charge on any atom is 0.132 e. The topological polar surface area (TPSA) is 17.1 Å². The molecule has 1 heterocycles. The van der Waals surface area contributed by atoms with Crippen LogP contribution in [0.4, 0.5) is 0 Å². The summed E-state index contributed by atoms with van der Waals surface area (Å²) < 4.78 is 0. The first-order valence-corrected chi connectivity index (χ1v) is 6.18. The van der Waals surface area contributed by atoms with Crippen LogP contribution in [0, 0.1) is 12.8 Å². The Morgan fingerprint density at radius 2 is 2.14 bits per heavy atom. The lowest BCUT2D eigenvalue weighted by Crippen LogP contribution is -2.15. The van der Waals surface area contributed by atoms with E-state index in [9.17, 15) is 4.79 Å². The molecule has 0 bridgehead atoms. The van der Waals surface area contributed by atoms with E-state index in [4.69, 9.17) is 0 Å². The summed E-state index contributed by atoms with van der Waals surface area (Å²) in [6.07, 6.45) is 5.04. The molecule has 0 unspecified atom stereocenters. The third-order valence-electron chi connectivity index (χ3n) is 3.11. The highest BCUT2D eigenvalue weighted by atomic mass is 32.1. The molecular weight excluding hydrogens is 192 g/mol. The van der Waals surface area contributed by atoms with Crippen molar-refractivity contribution < 1.29 is 4.79 Å². The van der Waals surface area contributed by atoms with Gasteiger partial charge >= 0.3 is 0 Å². The lowest BCUT2D eigenvalue weighted by atomic mass is 9.85. The van der Waals surface area contributed by atoms with Crippen LogP contribution in [0.1, 0.15) is 36.1 Å². The summed E-state index contributed by atoms with van der Waals surface area (Å²) >= 11 is 1.86. The highest BCUT2D eigenvalue weighted by molar-refractivity contribution is 7.10. The SMILES string of the molecule is Cc1ccsc1CC1CCC(=O)CC1. The molecule has 0 saturated heterocycles. The molecule has 1 aromatic heterocycles. The van der Waals surface area contributed by atoms with Gasteiger partial charge in [-0.2, -0.15) is 0 Å². The van der Waals surface area contributed by atoms with E-state index in [1.807, 2.05) is 11.3 Å². The Balaban J connectivity index is 1.92. The van der Waals surface area contributed by atoms with Gasteiger partial charge in [0.15, 0.2) is 0 Å². The van der Waals surface area contributed by atoms with Gasteiger partial charge in [-0.05, 0) is 49.1 Å². The predicted octanol–water partition coefficient (Wildman–Crippen LogP) is 3.36. The summed E-state index contributed by atoms with van der Waals surface area (Å²) in [5, 5.41) is 2.17. The Bertz CT molecular complexity index is 317. The van der Waals surface area contributed by atoms with Gasteiger partial charge in [-0.1, -0.05) is 0 Å². The number of hydrogen-bond donors (Lipinski definition) is 0. The van der Waals surface area contributed by atoms with E-state index in [1.165, 1.54) is 16.9 Å². The second kappa shape index (κ2) is 4.26. The molecule has 1 aliphatic carbocycles. The van der Waals surface area contributed by atoms with Crippen LogP contribution in [0.5, 0.6) is 0 Å². The lowest BCUT2D eigenvalue weighted by Gasteiger charge is -2.20. The smallest absolute Gasteiger partial charge is 0.132 e. The Morgan fingerprint density at radius 3 is 2.71 bits per heavy atom. The second-order valence-electron chi connectivity index (χ2n) is 4.21. The Labute approximate surface area is 89.1 Å². The highest BCUT2D eigenvalue weighted by Crippen LogP contribution is 2.28. The minimum absolute atomic E-state index is 0.462. The largest absolute Gasteiger partial charge is 0.300 e. The third kappa shape index (κ3) is 2.24. The number of Topliss-reactive ketones (excluding diaryl/α,β-unsaturated/α-hetero) is 1. The fourth-order valence-electron chi connectivity index (χ4n) is 2.08. The normalized spacial score (nSPS) is 18.8. The number of hydrogen-bond acceptors (Lipinski definition) is 2. The summed E-state index contributed by atoms with van der Waals surface area (Å²) in [7, 11) is 0. The van der Waals surface area contributed by atoms with Crippen molar-refractivity contribution in [3.05, 3.63) is 21.9 Å². The van der Waals surface area contributed by atoms with Crippen molar-refractivity contribution in [2.24, 2.45) is 5.92 Å². The fraction of sp³-hybridized carbons (Fsp3) is 0.583. The van der Waals surface area contributed by atoms with Gasteiger partial charge in [0.25, 0.3) is 0 Å². The van der Waals surface area contributed by atoms with Crippen LogP contribution in [-0.4, -0.2) is 5.78 Å². The van der Waals surface area contributed by atoms with Gasteiger partial charge in [0.2, 0.25) is 0 Å². The van der Waals surface area contributed by atoms with Crippen LogP contribution < -0.4 is 0 Å². The van der Waals surface area contributed by atoms with Crippen molar-refractivity contribution in [1.82, 2.24) is 0 Å². The fourth-order valence-corrected chi connectivity index (χ4v) is 3.10. The second-order valence-corrected chi connectivity index (χ2v) is 5.21. The standard InChI is InChI=1S/C12H16OS/c1-9-6-7-14-12(9)8-10-2-4-11(13)5-3-10/h6-7,10H,2-5,8H2,1H3. The first-order valence-electron chi connectivity index (χ1n) is 5.30. The van der Waals surface area contributed by atoms with E-state index in [2.05, 4.69) is 18.4 Å². The molecule has 2 heteroatoms. The maximum absolute atomic E-state index is 11.1. The van der Waals surface area contributed by atoms with Gasteiger partial charge in [0.05, 0.1) is 0 Å². The molecule has 0 aliphatic heterocycles. The lowest BCUT2D eigenvalue weighted by molar-refractivity contribution is -0.120. The van der Waals surface area contributed by atoms with Gasteiger partial charge < -0.3 is 0 Å². The first-order chi connectivity index (χ1) is 6.75. The predicted molar refractivity (Wildman–Crippen MR) is 59.7 cm³/mol. The van der Waals surface area contributed by atoms with Crippen LogP contribution in [0.2, 0.25) is 0 Å². The van der Waals surface area contributed by atoms with Gasteiger partial charge in [-0.25, -0.2) is 0 Å². The summed E-state index contributed by atoms with van der Waals surface area (Å²) in [6.45, 7) is 2.18. The first kappa shape index (κ1) is 9.91. The number of carbonyl (C=O) groups is 1. The zero-order valence-corrected chi connectivity index (χ0v) is 9.40. The Morgan fingerprint density at radius 1 is 1.43 bits per heavy atom. The van der Waals surface area contributed by atoms with E-state index in [-0.39, 0.29) is 0 Å².